The van der Waals surface area contributed by atoms with Crippen LogP contribution in [0.25, 0.3) is 0 Å². The van der Waals surface area contributed by atoms with Crippen molar-refractivity contribution in [2.45, 2.75) is 64.0 Å². The van der Waals surface area contributed by atoms with Crippen molar-refractivity contribution in [1.29, 1.82) is 0 Å². The van der Waals surface area contributed by atoms with Crippen LogP contribution in [0.5, 0.6) is 11.5 Å². The molecule has 3 saturated heterocycles. The Labute approximate surface area is 299 Å². The van der Waals surface area contributed by atoms with Gasteiger partial charge in [-0.2, -0.15) is 0 Å². The number of carbonyl (C=O) groups excluding carboxylic acids is 4. The number of likely N-dealkylation sites (tertiary alicyclic amines) is 1. The molecular weight excluding hydrogens is 644 g/mol. The van der Waals surface area contributed by atoms with Crippen molar-refractivity contribution < 1.29 is 28.7 Å². The van der Waals surface area contributed by atoms with E-state index in [0.717, 1.165) is 74.2 Å². The maximum atomic E-state index is 13.5. The third kappa shape index (κ3) is 7.35. The summed E-state index contributed by atoms with van der Waals surface area (Å²) in [5, 5.41) is 2.43. The van der Waals surface area contributed by atoms with Crippen molar-refractivity contribution in [2.75, 3.05) is 44.8 Å². The van der Waals surface area contributed by atoms with Gasteiger partial charge in [0, 0.05) is 42.7 Å². The number of hydrogen-bond acceptors (Lipinski definition) is 8. The van der Waals surface area contributed by atoms with E-state index in [-0.39, 0.29) is 36.1 Å². The van der Waals surface area contributed by atoms with Gasteiger partial charge in [0.2, 0.25) is 11.8 Å². The quantitative estimate of drug-likeness (QED) is 0.256. The number of fused-ring (bicyclic) bond motifs is 1. The Morgan fingerprint density at radius 2 is 1.55 bits per heavy atom. The zero-order chi connectivity index (χ0) is 35.5. The van der Waals surface area contributed by atoms with Gasteiger partial charge in [-0.05, 0) is 106 Å². The third-order valence-electron chi connectivity index (χ3n) is 10.7. The third-order valence-corrected chi connectivity index (χ3v) is 10.7. The van der Waals surface area contributed by atoms with Gasteiger partial charge in [0.1, 0.15) is 0 Å². The monoisotopic (exact) mass is 688 g/mol. The lowest BCUT2D eigenvalue weighted by atomic mass is 9.90. The summed E-state index contributed by atoms with van der Waals surface area (Å²) in [6.07, 6.45) is 5.11. The van der Waals surface area contributed by atoms with Gasteiger partial charge in [0.05, 0.1) is 37.3 Å². The summed E-state index contributed by atoms with van der Waals surface area (Å²) in [5.41, 5.74) is 4.57. The number of amides is 4. The Bertz CT molecular complexity index is 1880. The second kappa shape index (κ2) is 15.0. The molecular formula is C41H44N4O6. The summed E-state index contributed by atoms with van der Waals surface area (Å²) in [7, 11) is 1.58. The van der Waals surface area contributed by atoms with Crippen molar-refractivity contribution in [3.8, 4) is 23.3 Å². The number of nitrogens with one attached hydrogen (secondary N) is 1. The fourth-order valence-corrected chi connectivity index (χ4v) is 7.78. The Balaban J connectivity index is 0.896. The summed E-state index contributed by atoms with van der Waals surface area (Å²) in [6.45, 7) is 6.41. The highest BCUT2D eigenvalue weighted by Gasteiger charge is 2.37. The standard InChI is InChI=1S/C41H44N4O6/c1-3-51-37-24-29(8-14-36(37)50-2)26-45-40(48)34-12-11-32(25-35(34)41(45)49)44-22-18-31(19-23-44)43-20-16-28(17-21-43)5-4-27-6-9-30(10-7-27)33-13-15-38(46)42-39(33)47/h6-12,14,24-25,28,31,33H,3,13,15-23,26H2,1-2H3,(H,42,46,47). The van der Waals surface area contributed by atoms with Gasteiger partial charge >= 0.3 is 0 Å². The molecule has 0 aliphatic carbocycles. The first-order valence-electron chi connectivity index (χ1n) is 18.1. The number of methoxy groups -OCH3 is 1. The van der Waals surface area contributed by atoms with Crippen LogP contribution in [0.2, 0.25) is 0 Å². The van der Waals surface area contributed by atoms with Crippen LogP contribution < -0.4 is 19.7 Å². The van der Waals surface area contributed by atoms with Crippen LogP contribution >= 0.6 is 0 Å². The maximum Gasteiger partial charge on any atom is 0.261 e. The van der Waals surface area contributed by atoms with Crippen molar-refractivity contribution in [2.24, 2.45) is 5.92 Å². The zero-order valence-corrected chi connectivity index (χ0v) is 29.3. The van der Waals surface area contributed by atoms with E-state index in [1.54, 1.807) is 19.2 Å². The number of piperidine rings is 3. The lowest BCUT2D eigenvalue weighted by molar-refractivity contribution is -0.134. The van der Waals surface area contributed by atoms with Gasteiger partial charge in [-0.15, -0.1) is 0 Å². The molecule has 0 saturated carbocycles. The predicted octanol–water partition coefficient (Wildman–Crippen LogP) is 5.14. The number of carbonyl (C=O) groups is 4. The van der Waals surface area contributed by atoms with E-state index in [9.17, 15) is 19.2 Å². The molecule has 1 atom stereocenters. The van der Waals surface area contributed by atoms with Gasteiger partial charge in [0.25, 0.3) is 11.8 Å². The molecule has 0 spiro atoms. The number of rotatable bonds is 8. The summed E-state index contributed by atoms with van der Waals surface area (Å²) in [5.74, 6) is 7.15. The molecule has 4 aliphatic heterocycles. The summed E-state index contributed by atoms with van der Waals surface area (Å²) in [6, 6.07) is 19.5. The fourth-order valence-electron chi connectivity index (χ4n) is 7.78. The predicted molar refractivity (Wildman–Crippen MR) is 193 cm³/mol. The number of nitrogens with zero attached hydrogens (tertiary/aromatic N) is 3. The van der Waals surface area contributed by atoms with E-state index in [1.165, 1.54) is 4.90 Å². The molecule has 4 heterocycles. The minimum Gasteiger partial charge on any atom is -0.493 e. The van der Waals surface area contributed by atoms with Crippen LogP contribution in [0.4, 0.5) is 5.69 Å². The van der Waals surface area contributed by atoms with Crippen molar-refractivity contribution in [1.82, 2.24) is 15.1 Å². The average Bonchev–Trinajstić information content (AvgIpc) is 3.39. The van der Waals surface area contributed by atoms with E-state index < -0.39 is 0 Å². The molecule has 3 fully saturated rings. The molecule has 1 unspecified atom stereocenters. The smallest absolute Gasteiger partial charge is 0.261 e. The second-order valence-electron chi connectivity index (χ2n) is 13.8. The molecule has 0 radical (unpaired) electrons. The van der Waals surface area contributed by atoms with Crippen LogP contribution in [-0.4, -0.2) is 79.4 Å². The Kier molecular flexibility index (Phi) is 10.1. The topological polar surface area (TPSA) is 108 Å². The molecule has 0 bridgehead atoms. The highest BCUT2D eigenvalue weighted by Crippen LogP contribution is 2.33. The Morgan fingerprint density at radius 1 is 0.804 bits per heavy atom. The normalized spacial score (nSPS) is 20.2. The van der Waals surface area contributed by atoms with Crippen LogP contribution in [-0.2, 0) is 16.1 Å². The lowest BCUT2D eigenvalue weighted by Gasteiger charge is -2.42. The molecule has 4 aliphatic rings. The number of anilines is 1. The van der Waals surface area contributed by atoms with Crippen molar-refractivity contribution >= 4 is 29.3 Å². The fraction of sp³-hybridized carbons (Fsp3) is 0.415. The summed E-state index contributed by atoms with van der Waals surface area (Å²) < 4.78 is 11.1. The lowest BCUT2D eigenvalue weighted by Crippen LogP contribution is -2.47. The van der Waals surface area contributed by atoms with E-state index in [4.69, 9.17) is 9.47 Å². The van der Waals surface area contributed by atoms with Crippen molar-refractivity contribution in [3.63, 3.8) is 0 Å². The van der Waals surface area contributed by atoms with E-state index in [1.807, 2.05) is 55.5 Å². The minimum atomic E-state index is -0.276. The zero-order valence-electron chi connectivity index (χ0n) is 29.3. The molecule has 10 nitrogen and oxygen atoms in total. The first-order valence-corrected chi connectivity index (χ1v) is 18.1. The number of benzene rings is 3. The number of hydrogen-bond donors (Lipinski definition) is 1. The molecule has 264 valence electrons. The van der Waals surface area contributed by atoms with Crippen LogP contribution in [0, 0.1) is 17.8 Å². The molecule has 3 aromatic carbocycles. The average molecular weight is 689 g/mol. The Hall–Kier alpha value is -5.14. The molecule has 1 N–H and O–H groups in total. The van der Waals surface area contributed by atoms with Crippen LogP contribution in [0.15, 0.2) is 60.7 Å². The highest BCUT2D eigenvalue weighted by molar-refractivity contribution is 6.21. The Morgan fingerprint density at radius 3 is 2.25 bits per heavy atom. The van der Waals surface area contributed by atoms with Crippen molar-refractivity contribution in [3.05, 3.63) is 88.5 Å². The van der Waals surface area contributed by atoms with E-state index >= 15 is 0 Å². The SMILES string of the molecule is CCOc1cc(CN2C(=O)c3ccc(N4CCC(N5CCC(C#Cc6ccc(C7CCC(=O)NC7=O)cc6)CC5)CC4)cc3C2=O)ccc1OC. The highest BCUT2D eigenvalue weighted by atomic mass is 16.5. The molecule has 0 aromatic heterocycles. The summed E-state index contributed by atoms with van der Waals surface area (Å²) >= 11 is 0. The minimum absolute atomic E-state index is 0.166. The van der Waals surface area contributed by atoms with Gasteiger partial charge < -0.3 is 19.3 Å². The van der Waals surface area contributed by atoms with Gasteiger partial charge in [0.15, 0.2) is 11.5 Å². The molecule has 51 heavy (non-hydrogen) atoms. The molecule has 3 aromatic rings. The summed E-state index contributed by atoms with van der Waals surface area (Å²) in [4.78, 5) is 56.7. The van der Waals surface area contributed by atoms with Crippen LogP contribution in [0.1, 0.15) is 88.8 Å². The molecule has 7 rings (SSSR count). The number of imide groups is 2. The van der Waals surface area contributed by atoms with Crippen LogP contribution in [0.3, 0.4) is 0 Å². The second-order valence-corrected chi connectivity index (χ2v) is 13.8. The maximum absolute atomic E-state index is 13.5. The van der Waals surface area contributed by atoms with Gasteiger partial charge in [-0.1, -0.05) is 30.0 Å². The van der Waals surface area contributed by atoms with E-state index in [0.29, 0.717) is 54.0 Å². The largest absolute Gasteiger partial charge is 0.493 e. The van der Waals surface area contributed by atoms with Gasteiger partial charge in [-0.25, -0.2) is 0 Å². The first kappa shape index (κ1) is 34.3. The van der Waals surface area contributed by atoms with E-state index in [2.05, 4.69) is 27.0 Å². The van der Waals surface area contributed by atoms with Gasteiger partial charge in [-0.3, -0.25) is 29.4 Å². The molecule has 4 amide bonds. The molecule has 10 heteroatoms. The number of ether oxygens (including phenoxy) is 2. The first-order chi connectivity index (χ1) is 24.8.